The minimum atomic E-state index is -1.17. The first kappa shape index (κ1) is 23.0. The van der Waals surface area contributed by atoms with E-state index >= 15 is 0 Å². The molecule has 6 nitrogen and oxygen atoms in total. The molecule has 0 bridgehead atoms. The number of aliphatic carboxylic acids is 1. The van der Waals surface area contributed by atoms with Gasteiger partial charge in [-0.2, -0.15) is 0 Å². The highest BCUT2D eigenvalue weighted by atomic mass is 35.5. The Morgan fingerprint density at radius 2 is 1.79 bits per heavy atom. The number of imidazole rings is 1. The van der Waals surface area contributed by atoms with Crippen LogP contribution in [0.25, 0.3) is 33.7 Å². The molecule has 0 radical (unpaired) electrons. The van der Waals surface area contributed by atoms with Crippen molar-refractivity contribution in [3.63, 3.8) is 0 Å². The van der Waals surface area contributed by atoms with Crippen LogP contribution in [-0.4, -0.2) is 31.6 Å². The van der Waals surface area contributed by atoms with Crippen LogP contribution in [0.15, 0.2) is 48.5 Å². The van der Waals surface area contributed by atoms with Gasteiger partial charge in [0, 0.05) is 16.3 Å². The average Bonchev–Trinajstić information content (AvgIpc) is 3.16. The zero-order valence-electron chi connectivity index (χ0n) is 19.2. The van der Waals surface area contributed by atoms with Gasteiger partial charge in [0.1, 0.15) is 5.69 Å². The van der Waals surface area contributed by atoms with E-state index in [9.17, 15) is 9.90 Å². The molecule has 2 aromatic heterocycles. The van der Waals surface area contributed by atoms with Gasteiger partial charge in [-0.3, -0.25) is 0 Å². The number of carboxylic acids is 1. The molecule has 0 aliphatic rings. The molecule has 1 atom stereocenters. The summed E-state index contributed by atoms with van der Waals surface area (Å²) in [6.45, 7) is 9.27. The average molecular weight is 464 g/mol. The normalized spacial score (nSPS) is 12.8. The summed E-state index contributed by atoms with van der Waals surface area (Å²) < 4.78 is 6.01. The van der Waals surface area contributed by atoms with Crippen LogP contribution < -0.4 is 0 Å². The largest absolute Gasteiger partial charge is 0.479 e. The minimum absolute atomic E-state index is 0.545. The van der Waals surface area contributed by atoms with E-state index in [-0.39, 0.29) is 0 Å². The number of halogens is 1. The number of aromatic nitrogens is 3. The van der Waals surface area contributed by atoms with E-state index < -0.39 is 17.7 Å². The Morgan fingerprint density at radius 1 is 1.09 bits per heavy atom. The van der Waals surface area contributed by atoms with Crippen LogP contribution in [0.3, 0.4) is 0 Å². The Kier molecular flexibility index (Phi) is 5.99. The molecule has 0 fully saturated rings. The number of nitrogens with zero attached hydrogens (tertiary/aromatic N) is 2. The summed E-state index contributed by atoms with van der Waals surface area (Å²) in [5.74, 6) is -0.460. The third-order valence-electron chi connectivity index (χ3n) is 5.36. The number of hydrogen-bond donors (Lipinski definition) is 2. The fourth-order valence-electron chi connectivity index (χ4n) is 4.02. The highest BCUT2D eigenvalue weighted by molar-refractivity contribution is 6.31. The van der Waals surface area contributed by atoms with E-state index in [1.807, 2.05) is 77.1 Å². The number of nitrogens with one attached hydrogen (secondary N) is 1. The molecule has 7 heteroatoms. The summed E-state index contributed by atoms with van der Waals surface area (Å²) in [6.07, 6.45) is -1.17. The van der Waals surface area contributed by atoms with Gasteiger partial charge < -0.3 is 14.8 Å². The number of ether oxygens (including phenoxy) is 1. The van der Waals surface area contributed by atoms with Crippen molar-refractivity contribution in [3.8, 4) is 22.6 Å². The summed E-state index contributed by atoms with van der Waals surface area (Å²) in [6, 6.07) is 15.2. The number of hydrogen-bond acceptors (Lipinski definition) is 4. The molecule has 0 spiro atoms. The molecule has 170 valence electrons. The van der Waals surface area contributed by atoms with Gasteiger partial charge in [0.15, 0.2) is 11.9 Å². The summed E-state index contributed by atoms with van der Waals surface area (Å²) in [5, 5.41) is 10.7. The first-order valence-corrected chi connectivity index (χ1v) is 11.1. The summed E-state index contributed by atoms with van der Waals surface area (Å²) in [4.78, 5) is 25.2. The molecule has 0 saturated heterocycles. The Labute approximate surface area is 197 Å². The Bertz CT molecular complexity index is 1340. The summed E-state index contributed by atoms with van der Waals surface area (Å²) in [5.41, 5.74) is 5.19. The molecular formula is C26H26ClN3O3. The van der Waals surface area contributed by atoms with Gasteiger partial charge in [0.05, 0.1) is 16.6 Å². The Balaban J connectivity index is 2.00. The van der Waals surface area contributed by atoms with Crippen molar-refractivity contribution in [1.82, 2.24) is 15.0 Å². The maximum absolute atomic E-state index is 12.3. The van der Waals surface area contributed by atoms with Gasteiger partial charge in [-0.1, -0.05) is 41.9 Å². The third-order valence-corrected chi connectivity index (χ3v) is 5.59. The number of rotatable bonds is 5. The number of carboxylic acid groups (broad SMARTS) is 1. The van der Waals surface area contributed by atoms with Crippen molar-refractivity contribution in [2.45, 2.75) is 46.3 Å². The Morgan fingerprint density at radius 3 is 2.42 bits per heavy atom. The first-order valence-electron chi connectivity index (χ1n) is 10.7. The lowest BCUT2D eigenvalue weighted by molar-refractivity contribution is -0.160. The molecule has 0 aliphatic heterocycles. The molecule has 0 unspecified atom stereocenters. The quantitative estimate of drug-likeness (QED) is 0.352. The van der Waals surface area contributed by atoms with Gasteiger partial charge in [0.25, 0.3) is 0 Å². The molecule has 4 aromatic rings. The molecule has 2 N–H and O–H groups in total. The monoisotopic (exact) mass is 463 g/mol. The van der Waals surface area contributed by atoms with Crippen LogP contribution in [-0.2, 0) is 9.53 Å². The number of aryl methyl sites for hydroxylation is 1. The van der Waals surface area contributed by atoms with Crippen molar-refractivity contribution in [3.05, 3.63) is 70.4 Å². The molecule has 2 aromatic carbocycles. The number of pyridine rings is 1. The zero-order chi connectivity index (χ0) is 23.9. The topological polar surface area (TPSA) is 88.1 Å². The first-order chi connectivity index (χ1) is 15.5. The van der Waals surface area contributed by atoms with Crippen LogP contribution >= 0.6 is 11.6 Å². The van der Waals surface area contributed by atoms with Crippen molar-refractivity contribution >= 4 is 28.6 Å². The van der Waals surface area contributed by atoms with E-state index in [0.717, 1.165) is 27.7 Å². The fraction of sp³-hybridized carbons (Fsp3) is 0.269. The van der Waals surface area contributed by atoms with Gasteiger partial charge >= 0.3 is 5.97 Å². The van der Waals surface area contributed by atoms with Crippen LogP contribution in [0.4, 0.5) is 0 Å². The predicted molar refractivity (Wildman–Crippen MR) is 130 cm³/mol. The maximum atomic E-state index is 12.3. The molecule has 4 rings (SSSR count). The smallest absolute Gasteiger partial charge is 0.337 e. The molecule has 0 aliphatic carbocycles. The predicted octanol–water partition coefficient (Wildman–Crippen LogP) is 6.50. The Hall–Kier alpha value is -3.22. The van der Waals surface area contributed by atoms with Crippen molar-refractivity contribution in [2.24, 2.45) is 0 Å². The number of aromatic amines is 1. The van der Waals surface area contributed by atoms with E-state index in [4.69, 9.17) is 26.3 Å². The highest BCUT2D eigenvalue weighted by Crippen LogP contribution is 2.40. The van der Waals surface area contributed by atoms with E-state index in [1.165, 1.54) is 0 Å². The number of carbonyl (C=O) groups is 1. The standard InChI is InChI=1S/C26H26ClN3O3/c1-14-20(16-9-7-6-8-10-16)21(23(25(31)32)33-26(3,4)5)15(2)28-22(14)24-29-18-12-11-17(27)13-19(18)30-24/h6-13,23H,1-5H3,(H,29,30)(H,31,32)/t23-/m0/s1. The van der Waals surface area contributed by atoms with Gasteiger partial charge in [-0.25, -0.2) is 14.8 Å². The molecular weight excluding hydrogens is 438 g/mol. The van der Waals surface area contributed by atoms with Crippen molar-refractivity contribution in [1.29, 1.82) is 0 Å². The zero-order valence-corrected chi connectivity index (χ0v) is 20.0. The summed E-state index contributed by atoms with van der Waals surface area (Å²) in [7, 11) is 0. The number of H-pyrrole nitrogens is 1. The number of fused-ring (bicyclic) bond motifs is 1. The van der Waals surface area contributed by atoms with E-state index in [1.54, 1.807) is 6.07 Å². The fourth-order valence-corrected chi connectivity index (χ4v) is 4.19. The minimum Gasteiger partial charge on any atom is -0.479 e. The van der Waals surface area contributed by atoms with E-state index in [0.29, 0.717) is 27.8 Å². The SMILES string of the molecule is Cc1nc(-c2nc3ccc(Cl)cc3[nH]2)c(C)c(-c2ccccc2)c1[C@H](OC(C)(C)C)C(=O)O. The molecule has 0 amide bonds. The number of benzene rings is 2. The molecule has 0 saturated carbocycles. The lowest BCUT2D eigenvalue weighted by Gasteiger charge is -2.28. The molecule has 33 heavy (non-hydrogen) atoms. The maximum Gasteiger partial charge on any atom is 0.337 e. The second-order valence-corrected chi connectivity index (χ2v) is 9.46. The van der Waals surface area contributed by atoms with Gasteiger partial charge in [-0.15, -0.1) is 0 Å². The summed E-state index contributed by atoms with van der Waals surface area (Å²) >= 11 is 6.14. The second-order valence-electron chi connectivity index (χ2n) is 9.02. The lowest BCUT2D eigenvalue weighted by Crippen LogP contribution is -2.28. The van der Waals surface area contributed by atoms with Crippen LogP contribution in [0.1, 0.15) is 43.7 Å². The van der Waals surface area contributed by atoms with Crippen LogP contribution in [0.2, 0.25) is 5.02 Å². The molecule has 2 heterocycles. The van der Waals surface area contributed by atoms with E-state index in [2.05, 4.69) is 4.98 Å². The van der Waals surface area contributed by atoms with Gasteiger partial charge in [-0.05, 0) is 69.5 Å². The van der Waals surface area contributed by atoms with Crippen LogP contribution in [0, 0.1) is 13.8 Å². The van der Waals surface area contributed by atoms with Gasteiger partial charge in [0.2, 0.25) is 0 Å². The van der Waals surface area contributed by atoms with Crippen molar-refractivity contribution < 1.29 is 14.6 Å². The van der Waals surface area contributed by atoms with Crippen molar-refractivity contribution in [2.75, 3.05) is 0 Å². The highest BCUT2D eigenvalue weighted by Gasteiger charge is 2.33. The van der Waals surface area contributed by atoms with Crippen LogP contribution in [0.5, 0.6) is 0 Å². The second kappa shape index (κ2) is 8.61. The third kappa shape index (κ3) is 4.63. The lowest BCUT2D eigenvalue weighted by atomic mass is 9.89.